The highest BCUT2D eigenvalue weighted by atomic mass is 32.2. The van der Waals surface area contributed by atoms with Gasteiger partial charge in [0.2, 0.25) is 0 Å². The van der Waals surface area contributed by atoms with E-state index in [-0.39, 0.29) is 5.56 Å². The Morgan fingerprint density at radius 1 is 0.900 bits per heavy atom. The van der Waals surface area contributed by atoms with Gasteiger partial charge in [-0.15, -0.1) is 11.8 Å². The largest absolute Gasteiger partial charge is 0.303 e. The van der Waals surface area contributed by atoms with Crippen LogP contribution in [0.25, 0.3) is 28.1 Å². The maximum atomic E-state index is 13.3. The number of pyridine rings is 1. The van der Waals surface area contributed by atoms with E-state index in [1.54, 1.807) is 11.8 Å². The number of hydrogen-bond acceptors (Lipinski definition) is 3. The molecule has 0 atom stereocenters. The molecule has 146 valence electrons. The SMILES string of the molecule is O=c1c(C=C2C=NCS2)cc2ccccc2n1Cc1ccc(-c2ccccc2)cc1. The number of benzene rings is 3. The lowest BCUT2D eigenvalue weighted by Gasteiger charge is -2.13. The normalized spacial score (nSPS) is 14.6. The van der Waals surface area contributed by atoms with Gasteiger partial charge in [0.25, 0.3) is 5.56 Å². The first-order valence-corrected chi connectivity index (χ1v) is 10.9. The average molecular weight is 409 g/mol. The van der Waals surface area contributed by atoms with Crippen molar-refractivity contribution in [1.29, 1.82) is 0 Å². The molecule has 1 aliphatic rings. The lowest BCUT2D eigenvalue weighted by Crippen LogP contribution is -2.23. The van der Waals surface area contributed by atoms with E-state index in [0.29, 0.717) is 12.1 Å². The molecular formula is C26H20N2OS. The van der Waals surface area contributed by atoms with E-state index in [4.69, 9.17) is 0 Å². The van der Waals surface area contributed by atoms with Crippen molar-refractivity contribution in [3.8, 4) is 11.1 Å². The molecular weight excluding hydrogens is 388 g/mol. The van der Waals surface area contributed by atoms with Crippen LogP contribution in [0, 0.1) is 0 Å². The number of aromatic nitrogens is 1. The summed E-state index contributed by atoms with van der Waals surface area (Å²) in [6.45, 7) is 0.534. The topological polar surface area (TPSA) is 34.4 Å². The number of para-hydroxylation sites is 1. The maximum absolute atomic E-state index is 13.3. The second-order valence-corrected chi connectivity index (χ2v) is 8.26. The summed E-state index contributed by atoms with van der Waals surface area (Å²) in [5.74, 6) is 0.724. The van der Waals surface area contributed by atoms with E-state index >= 15 is 0 Å². The summed E-state index contributed by atoms with van der Waals surface area (Å²) >= 11 is 1.65. The van der Waals surface area contributed by atoms with Crippen LogP contribution >= 0.6 is 11.8 Å². The predicted molar refractivity (Wildman–Crippen MR) is 128 cm³/mol. The number of aliphatic imine (C=N–C) groups is 1. The van der Waals surface area contributed by atoms with Gasteiger partial charge in [0.1, 0.15) is 0 Å². The highest BCUT2D eigenvalue weighted by Gasteiger charge is 2.11. The van der Waals surface area contributed by atoms with Gasteiger partial charge in [0.15, 0.2) is 0 Å². The van der Waals surface area contributed by atoms with Gasteiger partial charge in [-0.1, -0.05) is 72.8 Å². The monoisotopic (exact) mass is 408 g/mol. The van der Waals surface area contributed by atoms with Crippen LogP contribution < -0.4 is 5.56 Å². The minimum Gasteiger partial charge on any atom is -0.303 e. The summed E-state index contributed by atoms with van der Waals surface area (Å²) in [5, 5.41) is 1.06. The van der Waals surface area contributed by atoms with Crippen molar-refractivity contribution >= 4 is 35.0 Å². The molecule has 3 nitrogen and oxygen atoms in total. The van der Waals surface area contributed by atoms with Crippen LogP contribution in [0.3, 0.4) is 0 Å². The molecule has 4 aromatic rings. The van der Waals surface area contributed by atoms with Crippen LogP contribution in [0.4, 0.5) is 0 Å². The molecule has 3 aromatic carbocycles. The summed E-state index contributed by atoms with van der Waals surface area (Å²) in [4.78, 5) is 18.6. The number of nitrogens with zero attached hydrogens (tertiary/aromatic N) is 2. The van der Waals surface area contributed by atoms with Crippen molar-refractivity contribution in [3.05, 3.63) is 111 Å². The molecule has 0 amide bonds. The second-order valence-electron chi connectivity index (χ2n) is 7.24. The molecule has 1 aromatic heterocycles. The van der Waals surface area contributed by atoms with Crippen molar-refractivity contribution < 1.29 is 0 Å². The van der Waals surface area contributed by atoms with Crippen molar-refractivity contribution in [3.63, 3.8) is 0 Å². The first kappa shape index (κ1) is 18.6. The average Bonchev–Trinajstić information content (AvgIpc) is 3.31. The van der Waals surface area contributed by atoms with E-state index < -0.39 is 0 Å². The molecule has 0 aliphatic carbocycles. The molecule has 2 heterocycles. The molecule has 0 spiro atoms. The van der Waals surface area contributed by atoms with Crippen molar-refractivity contribution in [2.45, 2.75) is 6.54 Å². The van der Waals surface area contributed by atoms with Gasteiger partial charge in [0.05, 0.1) is 17.9 Å². The van der Waals surface area contributed by atoms with Gasteiger partial charge in [0, 0.05) is 16.7 Å². The Morgan fingerprint density at radius 2 is 1.63 bits per heavy atom. The molecule has 4 heteroatoms. The second kappa shape index (κ2) is 8.17. The maximum Gasteiger partial charge on any atom is 0.258 e. The Morgan fingerprint density at radius 3 is 2.40 bits per heavy atom. The zero-order chi connectivity index (χ0) is 20.3. The Hall–Kier alpha value is -3.37. The van der Waals surface area contributed by atoms with Gasteiger partial charge >= 0.3 is 0 Å². The smallest absolute Gasteiger partial charge is 0.258 e. The van der Waals surface area contributed by atoms with Crippen molar-refractivity contribution in [2.24, 2.45) is 4.99 Å². The molecule has 0 saturated carbocycles. The quantitative estimate of drug-likeness (QED) is 0.426. The summed E-state index contributed by atoms with van der Waals surface area (Å²) < 4.78 is 1.87. The Labute approximate surface area is 179 Å². The predicted octanol–water partition coefficient (Wildman–Crippen LogP) is 5.83. The number of thioether (sulfide) groups is 1. The zero-order valence-electron chi connectivity index (χ0n) is 16.4. The molecule has 0 unspecified atom stereocenters. The zero-order valence-corrected chi connectivity index (χ0v) is 17.2. The molecule has 0 fully saturated rings. The minimum absolute atomic E-state index is 0.0224. The van der Waals surface area contributed by atoms with E-state index in [9.17, 15) is 4.79 Å². The summed E-state index contributed by atoms with van der Waals surface area (Å²) in [7, 11) is 0. The molecule has 5 rings (SSSR count). The number of fused-ring (bicyclic) bond motifs is 1. The van der Waals surface area contributed by atoms with Crippen LogP contribution in [0.15, 0.2) is 99.6 Å². The first-order valence-electron chi connectivity index (χ1n) is 9.89. The highest BCUT2D eigenvalue weighted by molar-refractivity contribution is 8.04. The Balaban J connectivity index is 1.55. The van der Waals surface area contributed by atoms with Gasteiger partial charge in [-0.3, -0.25) is 9.79 Å². The first-order chi connectivity index (χ1) is 14.8. The van der Waals surface area contributed by atoms with Crippen LogP contribution in [0.2, 0.25) is 0 Å². The van der Waals surface area contributed by atoms with Crippen molar-refractivity contribution in [1.82, 2.24) is 4.57 Å². The molecule has 0 N–H and O–H groups in total. The van der Waals surface area contributed by atoms with E-state index in [2.05, 4.69) is 47.5 Å². The third-order valence-corrected chi connectivity index (χ3v) is 6.09. The highest BCUT2D eigenvalue weighted by Crippen LogP contribution is 2.24. The summed E-state index contributed by atoms with van der Waals surface area (Å²) in [5.41, 5.74) is 5.14. The fourth-order valence-electron chi connectivity index (χ4n) is 3.73. The molecule has 30 heavy (non-hydrogen) atoms. The van der Waals surface area contributed by atoms with Gasteiger partial charge in [-0.2, -0.15) is 0 Å². The lowest BCUT2D eigenvalue weighted by atomic mass is 10.0. The van der Waals surface area contributed by atoms with Gasteiger partial charge < -0.3 is 4.57 Å². The Bertz CT molecular complexity index is 1320. The molecule has 0 saturated heterocycles. The lowest BCUT2D eigenvalue weighted by molar-refractivity contribution is 0.793. The Kier molecular flexibility index (Phi) is 5.08. The van der Waals surface area contributed by atoms with Crippen molar-refractivity contribution in [2.75, 3.05) is 5.88 Å². The van der Waals surface area contributed by atoms with Crippen LogP contribution in [0.1, 0.15) is 11.1 Å². The number of rotatable bonds is 4. The summed E-state index contributed by atoms with van der Waals surface area (Å²) in [6.07, 6.45) is 3.79. The fourth-order valence-corrected chi connectivity index (χ4v) is 4.39. The minimum atomic E-state index is 0.0224. The van der Waals surface area contributed by atoms with E-state index in [0.717, 1.165) is 27.2 Å². The van der Waals surface area contributed by atoms with Crippen LogP contribution in [-0.4, -0.2) is 16.7 Å². The van der Waals surface area contributed by atoms with E-state index in [1.165, 1.54) is 11.1 Å². The fraction of sp³-hybridized carbons (Fsp3) is 0.0769. The van der Waals surface area contributed by atoms with Gasteiger partial charge in [-0.05, 0) is 40.3 Å². The van der Waals surface area contributed by atoms with Crippen LogP contribution in [-0.2, 0) is 6.54 Å². The number of allylic oxidation sites excluding steroid dienone is 1. The third kappa shape index (κ3) is 3.74. The molecule has 1 aliphatic heterocycles. The molecule has 0 bridgehead atoms. The van der Waals surface area contributed by atoms with Crippen LogP contribution in [0.5, 0.6) is 0 Å². The summed E-state index contributed by atoms with van der Waals surface area (Å²) in [6, 6.07) is 28.8. The number of hydrogen-bond donors (Lipinski definition) is 0. The third-order valence-electron chi connectivity index (χ3n) is 5.25. The standard InChI is InChI=1S/C26H20N2OS/c29-26-23(15-24-16-27-18-30-24)14-22-8-4-5-9-25(22)28(26)17-19-10-12-21(13-11-19)20-6-2-1-3-7-20/h1-16H,17-18H2. The molecule has 0 radical (unpaired) electrons. The van der Waals surface area contributed by atoms with Gasteiger partial charge in [-0.25, -0.2) is 0 Å². The van der Waals surface area contributed by atoms with E-state index in [1.807, 2.05) is 59.3 Å².